The average molecular weight is 1270 g/mol. The van der Waals surface area contributed by atoms with Crippen LogP contribution in [0.1, 0.15) is 184 Å². The molecule has 4 saturated heterocycles. The number of rotatable bonds is 19. The first-order valence-corrected chi connectivity index (χ1v) is 34.1. The monoisotopic (exact) mass is 1270 g/mol. The van der Waals surface area contributed by atoms with Crippen LogP contribution in [0.4, 0.5) is 41.7 Å². The molecule has 4 aromatic carbocycles. The number of likely N-dealkylation sites (N-methyl/N-ethyl adjacent to an activating group) is 1. The molecule has 9 rings (SSSR count). The van der Waals surface area contributed by atoms with Crippen molar-refractivity contribution in [2.24, 2.45) is 0 Å². The lowest BCUT2D eigenvalue weighted by molar-refractivity contribution is 0.237. The van der Waals surface area contributed by atoms with Crippen molar-refractivity contribution in [1.29, 1.82) is 0 Å². The first-order valence-electron chi connectivity index (χ1n) is 33.4. The van der Waals surface area contributed by atoms with Crippen molar-refractivity contribution in [3.05, 3.63) is 140 Å². The molecule has 496 valence electrons. The normalized spacial score (nSPS) is 16.7. The van der Waals surface area contributed by atoms with Gasteiger partial charge in [-0.15, -0.1) is 0 Å². The van der Waals surface area contributed by atoms with Crippen LogP contribution >= 0.6 is 23.2 Å². The molecule has 89 heavy (non-hydrogen) atoms. The van der Waals surface area contributed by atoms with Gasteiger partial charge in [0.05, 0.1) is 27.1 Å². The Labute approximate surface area is 547 Å². The molecule has 0 aliphatic carbocycles. The maximum absolute atomic E-state index is 14.0. The van der Waals surface area contributed by atoms with Crippen molar-refractivity contribution in [3.63, 3.8) is 0 Å². The van der Waals surface area contributed by atoms with Crippen LogP contribution in [-0.2, 0) is 0 Å². The summed E-state index contributed by atoms with van der Waals surface area (Å²) in [5, 5.41) is 18.3. The number of hydrogen-bond donors (Lipinski definition) is 5. The van der Waals surface area contributed by atoms with E-state index in [-0.39, 0.29) is 23.5 Å². The van der Waals surface area contributed by atoms with Crippen molar-refractivity contribution in [3.8, 4) is 0 Å². The predicted octanol–water partition coefficient (Wildman–Crippen LogP) is 17.6. The van der Waals surface area contributed by atoms with E-state index in [0.717, 1.165) is 111 Å². The molecule has 0 radical (unpaired) electrons. The molecule has 0 bridgehead atoms. The number of likely N-dealkylation sites (tertiary alicyclic amines) is 4. The highest BCUT2D eigenvalue weighted by Gasteiger charge is 2.22. The molecule has 0 amide bonds. The summed E-state index contributed by atoms with van der Waals surface area (Å²) in [5.74, 6) is 2.01. The van der Waals surface area contributed by atoms with E-state index in [0.29, 0.717) is 47.0 Å². The maximum atomic E-state index is 14.0. The Morgan fingerprint density at radius 2 is 0.865 bits per heavy atom. The van der Waals surface area contributed by atoms with Gasteiger partial charge < -0.3 is 51.1 Å². The van der Waals surface area contributed by atoms with Gasteiger partial charge in [0.15, 0.2) is 0 Å². The van der Waals surface area contributed by atoms with Crippen molar-refractivity contribution < 1.29 is 13.2 Å². The van der Waals surface area contributed by atoms with E-state index < -0.39 is 11.6 Å². The Bertz CT molecular complexity index is 2680. The largest absolute Gasteiger partial charge is 0.383 e. The van der Waals surface area contributed by atoms with Crippen molar-refractivity contribution in [2.75, 3.05) is 140 Å². The molecule has 5 N–H and O–H groups in total. The summed E-state index contributed by atoms with van der Waals surface area (Å²) >= 11 is 12.6. The standard InChI is InChI=1S/C15H23ClN2.C15H22F2N2.C15H23FN2.C15H25N3.C13H21ClN2/c1-11(2)12-4-5-15(14(16)10-12)17-13-6-8-18(3)9-7-13;1-10(2)11-8-13(16)15(14(17)9-11)18-12-4-6-19(3)7-5-12;1-11(2)12-4-5-15(14(16)10-12)17-13-6-8-18(3)9-7-13;1-13(2)14-6-7-15(17-12-14)16-8-11-18-9-4-3-5-10-18;1-10(2)11-5-6-13(12(14)9-11)15-7-8-16(3)4/h4-5,10-11,13,17H,6-9H2,1-3H3;8-10,12,18H,4-7H2,1-3H3;4-5,10-11,13,17H,6-9H2,1-3H3;6-7,12-13H,3-5,8-11H2,1-2H3,(H,16,17);5-6,9-10,15H,7-8H2,1-4H3. The first kappa shape index (κ1) is 74.9. The third-order valence-electron chi connectivity index (χ3n) is 17.4. The van der Waals surface area contributed by atoms with Crippen molar-refractivity contribution in [2.45, 2.75) is 175 Å². The summed E-state index contributed by atoms with van der Waals surface area (Å²) in [6.45, 7) is 34.1. The van der Waals surface area contributed by atoms with Gasteiger partial charge in [-0.1, -0.05) is 123 Å². The number of nitrogens with zero attached hydrogens (tertiary/aromatic N) is 6. The summed E-state index contributed by atoms with van der Waals surface area (Å²) in [5.41, 5.74) is 8.41. The van der Waals surface area contributed by atoms with E-state index in [1.165, 1.54) is 87.1 Å². The van der Waals surface area contributed by atoms with Gasteiger partial charge in [0.1, 0.15) is 29.0 Å². The van der Waals surface area contributed by atoms with Gasteiger partial charge in [-0.25, -0.2) is 18.2 Å². The lowest BCUT2D eigenvalue weighted by Gasteiger charge is -2.30. The Hall–Kier alpha value is -4.80. The van der Waals surface area contributed by atoms with Crippen molar-refractivity contribution in [1.82, 2.24) is 29.5 Å². The van der Waals surface area contributed by atoms with Crippen LogP contribution in [0.3, 0.4) is 0 Å². The van der Waals surface area contributed by atoms with Gasteiger partial charge in [-0.2, -0.15) is 0 Å². The second-order valence-corrected chi connectivity index (χ2v) is 27.9. The Kier molecular flexibility index (Phi) is 32.8. The van der Waals surface area contributed by atoms with Crippen LogP contribution in [0, 0.1) is 17.5 Å². The number of pyridine rings is 1. The Balaban J connectivity index is 0.000000203. The highest BCUT2D eigenvalue weighted by Crippen LogP contribution is 2.31. The van der Waals surface area contributed by atoms with Gasteiger partial charge in [-0.3, -0.25) is 0 Å². The lowest BCUT2D eigenvalue weighted by Crippen LogP contribution is -2.37. The molecular weight excluding hydrogens is 1160 g/mol. The van der Waals surface area contributed by atoms with E-state index >= 15 is 0 Å². The van der Waals surface area contributed by atoms with E-state index in [1.54, 1.807) is 6.07 Å². The number of anilines is 5. The first-order chi connectivity index (χ1) is 42.3. The Morgan fingerprint density at radius 1 is 0.461 bits per heavy atom. The third kappa shape index (κ3) is 27.1. The number of piperidine rings is 4. The van der Waals surface area contributed by atoms with Gasteiger partial charge in [0.2, 0.25) is 0 Å². The quantitative estimate of drug-likeness (QED) is 0.0548. The molecule has 0 saturated carbocycles. The topological polar surface area (TPSA) is 89.2 Å². The fraction of sp³-hybridized carbons (Fsp3) is 0.603. The van der Waals surface area contributed by atoms with Crippen LogP contribution in [0.25, 0.3) is 0 Å². The molecule has 16 heteroatoms. The fourth-order valence-electron chi connectivity index (χ4n) is 11.0. The summed E-state index contributed by atoms with van der Waals surface area (Å²) < 4.78 is 41.9. The molecule has 1 aromatic heterocycles. The van der Waals surface area contributed by atoms with Crippen molar-refractivity contribution >= 4 is 51.8 Å². The number of aromatic nitrogens is 1. The second-order valence-electron chi connectivity index (χ2n) is 27.1. The van der Waals surface area contributed by atoms with Gasteiger partial charge >= 0.3 is 0 Å². The SMILES string of the molecule is CC(C)c1cc(F)c(NC2CCN(C)CC2)c(F)c1.CC(C)c1ccc(NC2CCN(C)CC2)c(Cl)c1.CC(C)c1ccc(NC2CCN(C)CC2)c(F)c1.CC(C)c1ccc(NCCN(C)C)c(Cl)c1.CC(C)c1ccc(NCCN2CCCCC2)nc1. The number of halogens is 5. The number of benzene rings is 4. The van der Waals surface area contributed by atoms with E-state index in [1.807, 2.05) is 38.2 Å². The Morgan fingerprint density at radius 3 is 1.28 bits per heavy atom. The van der Waals surface area contributed by atoms with E-state index in [2.05, 4.69) is 189 Å². The van der Waals surface area contributed by atoms with Gasteiger partial charge in [0.25, 0.3) is 0 Å². The smallest absolute Gasteiger partial charge is 0.149 e. The predicted molar refractivity (Wildman–Crippen MR) is 379 cm³/mol. The zero-order valence-electron chi connectivity index (χ0n) is 57.1. The minimum Gasteiger partial charge on any atom is -0.383 e. The van der Waals surface area contributed by atoms with Crippen LogP contribution in [0.2, 0.25) is 10.0 Å². The molecule has 0 unspecified atom stereocenters. The average Bonchev–Trinajstić information content (AvgIpc) is 1.76. The molecule has 4 fully saturated rings. The minimum absolute atomic E-state index is 0.0268. The molecule has 5 aromatic rings. The van der Waals surface area contributed by atoms with Crippen LogP contribution in [0.5, 0.6) is 0 Å². The maximum Gasteiger partial charge on any atom is 0.149 e. The van der Waals surface area contributed by atoms with Crippen LogP contribution in [0.15, 0.2) is 85.1 Å². The van der Waals surface area contributed by atoms with E-state index in [9.17, 15) is 13.2 Å². The second kappa shape index (κ2) is 38.9. The molecule has 11 nitrogen and oxygen atoms in total. The third-order valence-corrected chi connectivity index (χ3v) is 18.1. The summed E-state index contributed by atoms with van der Waals surface area (Å²) in [4.78, 5) is 16.1. The van der Waals surface area contributed by atoms with Gasteiger partial charge in [0, 0.05) is 50.5 Å². The summed E-state index contributed by atoms with van der Waals surface area (Å²) in [7, 11) is 10.5. The highest BCUT2D eigenvalue weighted by atomic mass is 35.5. The zero-order chi connectivity index (χ0) is 65.2. The lowest BCUT2D eigenvalue weighted by atomic mass is 10.0. The molecule has 4 aliphatic heterocycles. The summed E-state index contributed by atoms with van der Waals surface area (Å²) in [6, 6.07) is 26.4. The number of nitrogens with one attached hydrogen (secondary N) is 5. The highest BCUT2D eigenvalue weighted by molar-refractivity contribution is 6.33. The van der Waals surface area contributed by atoms with Crippen LogP contribution in [-0.4, -0.2) is 161 Å². The minimum atomic E-state index is -0.484. The molecule has 0 spiro atoms. The summed E-state index contributed by atoms with van der Waals surface area (Å²) in [6.07, 6.45) is 12.5. The van der Waals surface area contributed by atoms with Gasteiger partial charge in [-0.05, 0) is 251 Å². The molecule has 0 atom stereocenters. The zero-order valence-corrected chi connectivity index (χ0v) is 58.6. The number of hydrogen-bond acceptors (Lipinski definition) is 11. The fourth-order valence-corrected chi connectivity index (χ4v) is 11.5. The molecule has 5 heterocycles. The molecule has 4 aliphatic rings. The van der Waals surface area contributed by atoms with E-state index in [4.69, 9.17) is 23.2 Å². The van der Waals surface area contributed by atoms with Crippen LogP contribution < -0.4 is 26.6 Å². The molecular formula is C73H114Cl2F3N11.